The molecule has 1 atom stereocenters. The molecule has 0 aliphatic heterocycles. The van der Waals surface area contributed by atoms with Crippen molar-refractivity contribution < 1.29 is 24.9 Å². The number of benzene rings is 1. The molecule has 0 saturated carbocycles. The zero-order chi connectivity index (χ0) is 15.4. The highest BCUT2D eigenvalue weighted by Gasteiger charge is 2.22. The molecule has 4 N–H and O–H groups in total. The molecule has 1 heterocycles. The van der Waals surface area contributed by atoms with Gasteiger partial charge < -0.3 is 20.6 Å². The van der Waals surface area contributed by atoms with E-state index in [2.05, 4.69) is 10.3 Å². The molecule has 110 valence electrons. The van der Waals surface area contributed by atoms with Crippen LogP contribution in [0.4, 0.5) is 0 Å². The summed E-state index contributed by atoms with van der Waals surface area (Å²) in [4.78, 5) is 26.8. The molecule has 0 saturated heterocycles. The van der Waals surface area contributed by atoms with Gasteiger partial charge in [-0.15, -0.1) is 11.3 Å². The second kappa shape index (κ2) is 6.23. The zero-order valence-corrected chi connectivity index (χ0v) is 11.5. The number of aromatic hydroxyl groups is 2. The van der Waals surface area contributed by atoms with Gasteiger partial charge in [0.1, 0.15) is 11.7 Å². The Bertz CT molecular complexity index is 657. The van der Waals surface area contributed by atoms with E-state index in [9.17, 15) is 19.8 Å². The highest BCUT2D eigenvalue weighted by Crippen LogP contribution is 2.25. The molecule has 1 unspecified atom stereocenters. The standard InChI is InChI=1S/C13H12N2O5S/c16-10-2-1-7(4-11(10)17)3-8(13(19)20)15-12(18)9-5-21-6-14-9/h1-2,4-6,8,16-17H,3H2,(H,15,18)(H,19,20). The molecule has 0 aliphatic carbocycles. The molecule has 7 nitrogen and oxygen atoms in total. The Kier molecular flexibility index (Phi) is 4.39. The smallest absolute Gasteiger partial charge is 0.326 e. The van der Waals surface area contributed by atoms with Gasteiger partial charge in [-0.25, -0.2) is 9.78 Å². The van der Waals surface area contributed by atoms with Gasteiger partial charge >= 0.3 is 5.97 Å². The van der Waals surface area contributed by atoms with Crippen molar-refractivity contribution in [1.29, 1.82) is 0 Å². The molecule has 21 heavy (non-hydrogen) atoms. The molecular weight excluding hydrogens is 296 g/mol. The first-order chi connectivity index (χ1) is 9.97. The van der Waals surface area contributed by atoms with Crippen LogP contribution < -0.4 is 5.32 Å². The van der Waals surface area contributed by atoms with Crippen molar-refractivity contribution in [3.05, 3.63) is 40.3 Å². The lowest BCUT2D eigenvalue weighted by Gasteiger charge is -2.14. The molecule has 1 amide bonds. The van der Waals surface area contributed by atoms with Gasteiger partial charge in [-0.05, 0) is 17.7 Å². The minimum atomic E-state index is -1.20. The van der Waals surface area contributed by atoms with Crippen LogP contribution in [0.2, 0.25) is 0 Å². The van der Waals surface area contributed by atoms with E-state index in [1.54, 1.807) is 0 Å². The van der Waals surface area contributed by atoms with Crippen molar-refractivity contribution in [2.45, 2.75) is 12.5 Å². The average molecular weight is 308 g/mol. The number of aliphatic carboxylic acids is 1. The summed E-state index contributed by atoms with van der Waals surface area (Å²) in [6, 6.07) is 2.81. The predicted molar refractivity (Wildman–Crippen MR) is 74.5 cm³/mol. The van der Waals surface area contributed by atoms with Crippen molar-refractivity contribution in [2.75, 3.05) is 0 Å². The largest absolute Gasteiger partial charge is 0.504 e. The minimum absolute atomic E-state index is 0.0287. The van der Waals surface area contributed by atoms with E-state index < -0.39 is 17.9 Å². The number of thiazole rings is 1. The highest BCUT2D eigenvalue weighted by atomic mass is 32.1. The van der Waals surface area contributed by atoms with E-state index in [1.165, 1.54) is 40.4 Å². The SMILES string of the molecule is O=C(NC(Cc1ccc(O)c(O)c1)C(=O)O)c1cscn1. The van der Waals surface area contributed by atoms with Crippen molar-refractivity contribution in [3.63, 3.8) is 0 Å². The molecule has 1 aromatic heterocycles. The van der Waals surface area contributed by atoms with Gasteiger partial charge in [-0.1, -0.05) is 6.07 Å². The van der Waals surface area contributed by atoms with Crippen LogP contribution in [-0.4, -0.2) is 38.2 Å². The maximum atomic E-state index is 11.8. The summed E-state index contributed by atoms with van der Waals surface area (Å²) in [7, 11) is 0. The Balaban J connectivity index is 2.10. The Labute approximate surface area is 123 Å². The number of phenolic OH excluding ortho intramolecular Hbond substituents is 2. The van der Waals surface area contributed by atoms with Crippen LogP contribution in [0.15, 0.2) is 29.1 Å². The third-order valence-corrected chi connectivity index (χ3v) is 3.33. The highest BCUT2D eigenvalue weighted by molar-refractivity contribution is 7.07. The van der Waals surface area contributed by atoms with Gasteiger partial charge in [0.15, 0.2) is 11.5 Å². The second-order valence-electron chi connectivity index (χ2n) is 4.27. The Morgan fingerprint density at radius 1 is 1.29 bits per heavy atom. The first kappa shape index (κ1) is 14.8. The molecule has 2 aromatic rings. The van der Waals surface area contributed by atoms with Crippen molar-refractivity contribution >= 4 is 23.2 Å². The lowest BCUT2D eigenvalue weighted by molar-refractivity contribution is -0.139. The molecule has 1 aromatic carbocycles. The Morgan fingerprint density at radius 3 is 2.62 bits per heavy atom. The number of hydrogen-bond donors (Lipinski definition) is 4. The Hall–Kier alpha value is -2.61. The van der Waals surface area contributed by atoms with E-state index in [4.69, 9.17) is 5.11 Å². The van der Waals surface area contributed by atoms with Gasteiger partial charge in [0.25, 0.3) is 5.91 Å². The molecule has 0 radical (unpaired) electrons. The summed E-state index contributed by atoms with van der Waals surface area (Å²) in [5.41, 5.74) is 2.10. The zero-order valence-electron chi connectivity index (χ0n) is 10.7. The van der Waals surface area contributed by atoms with E-state index in [1.807, 2.05) is 0 Å². The van der Waals surface area contributed by atoms with Crippen LogP contribution in [0, 0.1) is 0 Å². The molecule has 8 heteroatoms. The lowest BCUT2D eigenvalue weighted by atomic mass is 10.1. The fourth-order valence-corrected chi connectivity index (χ4v) is 2.22. The summed E-state index contributed by atoms with van der Waals surface area (Å²) in [6.45, 7) is 0. The van der Waals surface area contributed by atoms with Crippen LogP contribution in [0.25, 0.3) is 0 Å². The van der Waals surface area contributed by atoms with E-state index in [-0.39, 0.29) is 23.6 Å². The molecule has 0 fully saturated rings. The number of carboxylic acid groups (broad SMARTS) is 1. The van der Waals surface area contributed by atoms with Crippen LogP contribution >= 0.6 is 11.3 Å². The molecule has 2 rings (SSSR count). The molecular formula is C13H12N2O5S. The molecule has 0 bridgehead atoms. The van der Waals surface area contributed by atoms with Crippen LogP contribution in [-0.2, 0) is 11.2 Å². The number of phenols is 2. The summed E-state index contributed by atoms with van der Waals surface area (Å²) in [5, 5.41) is 31.6. The lowest BCUT2D eigenvalue weighted by Crippen LogP contribution is -2.42. The van der Waals surface area contributed by atoms with Gasteiger partial charge in [0.2, 0.25) is 0 Å². The fourth-order valence-electron chi connectivity index (χ4n) is 1.69. The summed E-state index contributed by atoms with van der Waals surface area (Å²) < 4.78 is 0. The van der Waals surface area contributed by atoms with Gasteiger partial charge in [0.05, 0.1) is 5.51 Å². The van der Waals surface area contributed by atoms with Crippen molar-refractivity contribution in [2.24, 2.45) is 0 Å². The van der Waals surface area contributed by atoms with Gasteiger partial charge in [-0.2, -0.15) is 0 Å². The quantitative estimate of drug-likeness (QED) is 0.611. The second-order valence-corrected chi connectivity index (χ2v) is 4.98. The first-order valence-corrected chi connectivity index (χ1v) is 6.84. The average Bonchev–Trinajstić information content (AvgIpc) is 2.96. The number of nitrogens with one attached hydrogen (secondary N) is 1. The maximum Gasteiger partial charge on any atom is 0.326 e. The van der Waals surface area contributed by atoms with E-state index >= 15 is 0 Å². The number of rotatable bonds is 5. The number of hydrogen-bond acceptors (Lipinski definition) is 6. The summed E-state index contributed by atoms with van der Waals surface area (Å²) in [5.74, 6) is -2.42. The summed E-state index contributed by atoms with van der Waals surface area (Å²) >= 11 is 1.23. The number of carbonyl (C=O) groups is 2. The van der Waals surface area contributed by atoms with Gasteiger partial charge in [-0.3, -0.25) is 4.79 Å². The van der Waals surface area contributed by atoms with Crippen molar-refractivity contribution in [1.82, 2.24) is 10.3 Å². The topological polar surface area (TPSA) is 120 Å². The number of nitrogens with zero attached hydrogens (tertiary/aromatic N) is 1. The summed E-state index contributed by atoms with van der Waals surface area (Å²) in [6.07, 6.45) is -0.0287. The number of aromatic nitrogens is 1. The monoisotopic (exact) mass is 308 g/mol. The van der Waals surface area contributed by atoms with Crippen LogP contribution in [0.1, 0.15) is 16.1 Å². The van der Waals surface area contributed by atoms with Crippen LogP contribution in [0.5, 0.6) is 11.5 Å². The van der Waals surface area contributed by atoms with Gasteiger partial charge in [0, 0.05) is 11.8 Å². The molecule has 0 aliphatic rings. The first-order valence-electron chi connectivity index (χ1n) is 5.90. The third-order valence-electron chi connectivity index (χ3n) is 2.75. The fraction of sp³-hybridized carbons (Fsp3) is 0.154. The van der Waals surface area contributed by atoms with Crippen LogP contribution in [0.3, 0.4) is 0 Å². The molecule has 0 spiro atoms. The predicted octanol–water partition coefficient (Wildman–Crippen LogP) is 0.980. The van der Waals surface area contributed by atoms with Crippen molar-refractivity contribution in [3.8, 4) is 11.5 Å². The minimum Gasteiger partial charge on any atom is -0.504 e. The number of carboxylic acids is 1. The number of carbonyl (C=O) groups excluding carboxylic acids is 1. The third kappa shape index (κ3) is 3.69. The van der Waals surface area contributed by atoms with E-state index in [0.29, 0.717) is 5.56 Å². The Morgan fingerprint density at radius 2 is 2.05 bits per heavy atom. The van der Waals surface area contributed by atoms with E-state index in [0.717, 1.165) is 0 Å². The number of amides is 1. The maximum absolute atomic E-state index is 11.8. The normalized spacial score (nSPS) is 11.8.